The first-order valence-corrected chi connectivity index (χ1v) is 6.92. The zero-order valence-electron chi connectivity index (χ0n) is 13.4. The Morgan fingerprint density at radius 1 is 1.24 bits per heavy atom. The molecule has 116 valence electrons. The molecule has 0 saturated heterocycles. The summed E-state index contributed by atoms with van der Waals surface area (Å²) < 4.78 is 5.27. The number of rotatable bonds is 5. The van der Waals surface area contributed by atoms with Crippen molar-refractivity contribution in [1.29, 1.82) is 0 Å². The quantitative estimate of drug-likeness (QED) is 0.877. The maximum absolute atomic E-state index is 11.9. The first kappa shape index (κ1) is 17.0. The summed E-state index contributed by atoms with van der Waals surface area (Å²) in [5.74, 6) is 0.539. The Kier molecular flexibility index (Phi) is 5.76. The van der Waals surface area contributed by atoms with E-state index in [1.807, 2.05) is 20.8 Å². The van der Waals surface area contributed by atoms with Gasteiger partial charge in [0.05, 0.1) is 7.11 Å². The second kappa shape index (κ2) is 7.11. The lowest BCUT2D eigenvalue weighted by molar-refractivity contribution is -0.123. The van der Waals surface area contributed by atoms with Gasteiger partial charge < -0.3 is 15.4 Å². The summed E-state index contributed by atoms with van der Waals surface area (Å²) in [7, 11) is 1.58. The number of anilines is 1. The molecule has 0 atom stereocenters. The van der Waals surface area contributed by atoms with Crippen LogP contribution in [0.3, 0.4) is 0 Å². The van der Waals surface area contributed by atoms with E-state index in [2.05, 4.69) is 10.6 Å². The van der Waals surface area contributed by atoms with Gasteiger partial charge in [0, 0.05) is 31.1 Å². The van der Waals surface area contributed by atoms with Crippen molar-refractivity contribution in [1.82, 2.24) is 5.32 Å². The van der Waals surface area contributed by atoms with Crippen LogP contribution in [-0.2, 0) is 16.1 Å². The Morgan fingerprint density at radius 3 is 2.43 bits per heavy atom. The predicted octanol–water partition coefficient (Wildman–Crippen LogP) is 2.71. The van der Waals surface area contributed by atoms with Gasteiger partial charge in [0.25, 0.3) is 0 Å². The van der Waals surface area contributed by atoms with E-state index < -0.39 is 0 Å². The van der Waals surface area contributed by atoms with Crippen LogP contribution in [0.15, 0.2) is 18.2 Å². The van der Waals surface area contributed by atoms with E-state index in [-0.39, 0.29) is 17.2 Å². The van der Waals surface area contributed by atoms with Gasteiger partial charge in [-0.25, -0.2) is 0 Å². The number of amides is 2. The van der Waals surface area contributed by atoms with Crippen LogP contribution in [0.4, 0.5) is 5.69 Å². The number of nitrogens with one attached hydrogen (secondary N) is 2. The van der Waals surface area contributed by atoms with Crippen LogP contribution in [0.1, 0.15) is 39.7 Å². The average molecular weight is 292 g/mol. The van der Waals surface area contributed by atoms with Gasteiger partial charge in [0.15, 0.2) is 0 Å². The Hall–Kier alpha value is -2.04. The summed E-state index contributed by atoms with van der Waals surface area (Å²) in [6, 6.07) is 5.34. The fourth-order valence-corrected chi connectivity index (χ4v) is 1.94. The van der Waals surface area contributed by atoms with Crippen LogP contribution in [0.5, 0.6) is 5.75 Å². The van der Waals surface area contributed by atoms with Gasteiger partial charge in [-0.2, -0.15) is 0 Å². The Labute approximate surface area is 126 Å². The molecule has 5 nitrogen and oxygen atoms in total. The molecule has 1 aromatic carbocycles. The lowest BCUT2D eigenvalue weighted by Crippen LogP contribution is -2.27. The van der Waals surface area contributed by atoms with Crippen molar-refractivity contribution in [3.05, 3.63) is 23.8 Å². The average Bonchev–Trinajstić information content (AvgIpc) is 2.33. The number of ether oxygens (including phenoxy) is 1. The molecule has 0 fully saturated rings. The molecule has 1 rings (SSSR count). The van der Waals surface area contributed by atoms with Crippen molar-refractivity contribution in [2.24, 2.45) is 5.41 Å². The van der Waals surface area contributed by atoms with Gasteiger partial charge in [-0.3, -0.25) is 9.59 Å². The maximum atomic E-state index is 11.9. The van der Waals surface area contributed by atoms with Crippen LogP contribution in [0, 0.1) is 5.41 Å². The van der Waals surface area contributed by atoms with E-state index in [0.29, 0.717) is 24.4 Å². The standard InChI is InChI=1S/C16H24N2O3/c1-11(19)18-13-6-7-14(21-5)12(8-13)10-17-15(20)9-16(2,3)4/h6-8H,9-10H2,1-5H3,(H,17,20)(H,18,19). The van der Waals surface area contributed by atoms with E-state index >= 15 is 0 Å². The van der Waals surface area contributed by atoms with E-state index in [0.717, 1.165) is 5.56 Å². The number of hydrogen-bond donors (Lipinski definition) is 2. The second-order valence-electron chi connectivity index (χ2n) is 6.22. The van der Waals surface area contributed by atoms with Gasteiger partial charge in [-0.05, 0) is 23.6 Å². The van der Waals surface area contributed by atoms with Gasteiger partial charge in [-0.1, -0.05) is 20.8 Å². The lowest BCUT2D eigenvalue weighted by Gasteiger charge is -2.18. The Morgan fingerprint density at radius 2 is 1.90 bits per heavy atom. The van der Waals surface area contributed by atoms with Crippen LogP contribution in [-0.4, -0.2) is 18.9 Å². The van der Waals surface area contributed by atoms with Gasteiger partial charge in [0.1, 0.15) is 5.75 Å². The Balaban J connectivity index is 2.76. The Bertz CT molecular complexity index is 519. The van der Waals surface area contributed by atoms with Crippen molar-refractivity contribution in [3.8, 4) is 5.75 Å². The molecule has 0 aliphatic carbocycles. The van der Waals surface area contributed by atoms with Crippen LogP contribution < -0.4 is 15.4 Å². The molecule has 0 aliphatic heterocycles. The molecule has 0 aromatic heterocycles. The molecule has 0 radical (unpaired) electrons. The molecule has 0 saturated carbocycles. The first-order chi connectivity index (χ1) is 9.71. The summed E-state index contributed by atoms with van der Waals surface area (Å²) in [5.41, 5.74) is 1.46. The van der Waals surface area contributed by atoms with E-state index in [4.69, 9.17) is 4.74 Å². The van der Waals surface area contributed by atoms with Crippen molar-refractivity contribution in [2.75, 3.05) is 12.4 Å². The molecule has 0 heterocycles. The molecular weight excluding hydrogens is 268 g/mol. The minimum atomic E-state index is -0.136. The largest absolute Gasteiger partial charge is 0.496 e. The molecular formula is C16H24N2O3. The summed E-state index contributed by atoms with van der Waals surface area (Å²) in [6.45, 7) is 7.88. The van der Waals surface area contributed by atoms with Gasteiger partial charge in [-0.15, -0.1) is 0 Å². The molecule has 0 aliphatic rings. The fourth-order valence-electron chi connectivity index (χ4n) is 1.94. The molecule has 1 aromatic rings. The summed E-state index contributed by atoms with van der Waals surface area (Å²) in [4.78, 5) is 23.0. The van der Waals surface area contributed by atoms with Gasteiger partial charge in [0.2, 0.25) is 11.8 Å². The molecule has 2 amide bonds. The van der Waals surface area contributed by atoms with Crippen molar-refractivity contribution < 1.29 is 14.3 Å². The van der Waals surface area contributed by atoms with Crippen molar-refractivity contribution >= 4 is 17.5 Å². The highest BCUT2D eigenvalue weighted by atomic mass is 16.5. The molecule has 5 heteroatoms. The number of hydrogen-bond acceptors (Lipinski definition) is 3. The number of carbonyl (C=O) groups is 2. The van der Waals surface area contributed by atoms with Crippen LogP contribution in [0.25, 0.3) is 0 Å². The van der Waals surface area contributed by atoms with Crippen LogP contribution >= 0.6 is 0 Å². The zero-order chi connectivity index (χ0) is 16.0. The van der Waals surface area contributed by atoms with Crippen molar-refractivity contribution in [2.45, 2.75) is 40.7 Å². The smallest absolute Gasteiger partial charge is 0.221 e. The topological polar surface area (TPSA) is 67.4 Å². The molecule has 0 unspecified atom stereocenters. The normalized spacial score (nSPS) is 10.9. The second-order valence-corrected chi connectivity index (χ2v) is 6.22. The van der Waals surface area contributed by atoms with E-state index in [1.165, 1.54) is 6.92 Å². The third-order valence-electron chi connectivity index (χ3n) is 2.77. The van der Waals surface area contributed by atoms with Gasteiger partial charge >= 0.3 is 0 Å². The highest BCUT2D eigenvalue weighted by Gasteiger charge is 2.16. The molecule has 0 spiro atoms. The monoisotopic (exact) mass is 292 g/mol. The van der Waals surface area contributed by atoms with Crippen molar-refractivity contribution in [3.63, 3.8) is 0 Å². The summed E-state index contributed by atoms with van der Waals surface area (Å²) >= 11 is 0. The first-order valence-electron chi connectivity index (χ1n) is 6.92. The highest BCUT2D eigenvalue weighted by molar-refractivity contribution is 5.88. The van der Waals surface area contributed by atoms with E-state index in [9.17, 15) is 9.59 Å². The fraction of sp³-hybridized carbons (Fsp3) is 0.500. The zero-order valence-corrected chi connectivity index (χ0v) is 13.4. The highest BCUT2D eigenvalue weighted by Crippen LogP contribution is 2.23. The molecule has 2 N–H and O–H groups in total. The number of methoxy groups -OCH3 is 1. The predicted molar refractivity (Wildman–Crippen MR) is 83.2 cm³/mol. The number of carbonyl (C=O) groups excluding carboxylic acids is 2. The summed E-state index contributed by atoms with van der Waals surface area (Å²) in [5, 5.41) is 5.59. The third-order valence-corrected chi connectivity index (χ3v) is 2.77. The SMILES string of the molecule is COc1ccc(NC(C)=O)cc1CNC(=O)CC(C)(C)C. The molecule has 21 heavy (non-hydrogen) atoms. The molecule has 0 bridgehead atoms. The third kappa shape index (κ3) is 6.29. The summed E-state index contributed by atoms with van der Waals surface area (Å²) in [6.07, 6.45) is 0.459. The van der Waals surface area contributed by atoms with E-state index in [1.54, 1.807) is 25.3 Å². The minimum absolute atomic E-state index is 0.00511. The lowest BCUT2D eigenvalue weighted by atomic mass is 9.92. The number of benzene rings is 1. The van der Waals surface area contributed by atoms with Crippen LogP contribution in [0.2, 0.25) is 0 Å². The minimum Gasteiger partial charge on any atom is -0.496 e. The maximum Gasteiger partial charge on any atom is 0.221 e.